The van der Waals surface area contributed by atoms with Crippen molar-refractivity contribution in [1.29, 1.82) is 0 Å². The van der Waals surface area contributed by atoms with Gasteiger partial charge in [0.25, 0.3) is 0 Å². The molecule has 0 radical (unpaired) electrons. The van der Waals surface area contributed by atoms with Crippen LogP contribution in [-0.2, 0) is 19.1 Å². The van der Waals surface area contributed by atoms with E-state index in [2.05, 4.69) is 4.74 Å². The number of hydrogen-bond acceptors (Lipinski definition) is 6. The molecule has 1 aromatic carbocycles. The highest BCUT2D eigenvalue weighted by Gasteiger charge is 2.26. The van der Waals surface area contributed by atoms with Crippen molar-refractivity contribution < 1.29 is 28.5 Å². The number of ether oxygens (including phenoxy) is 4. The van der Waals surface area contributed by atoms with Crippen molar-refractivity contribution in [3.63, 3.8) is 0 Å². The lowest BCUT2D eigenvalue weighted by molar-refractivity contribution is -0.153. The lowest BCUT2D eigenvalue weighted by atomic mass is 10.1. The zero-order valence-electron chi connectivity index (χ0n) is 13.8. The first-order valence-corrected chi connectivity index (χ1v) is 7.20. The van der Waals surface area contributed by atoms with Crippen LogP contribution in [0.25, 0.3) is 6.08 Å². The van der Waals surface area contributed by atoms with E-state index in [-0.39, 0.29) is 11.9 Å². The predicted octanol–water partition coefficient (Wildman–Crippen LogP) is 2.70. The van der Waals surface area contributed by atoms with Crippen LogP contribution in [0.5, 0.6) is 11.5 Å². The van der Waals surface area contributed by atoms with E-state index in [0.29, 0.717) is 17.1 Å². The molecular formula is C17H20O6. The minimum absolute atomic E-state index is 0.186. The van der Waals surface area contributed by atoms with Crippen molar-refractivity contribution in [3.05, 3.63) is 29.3 Å². The summed E-state index contributed by atoms with van der Waals surface area (Å²) in [7, 11) is 1.21. The molecule has 124 valence electrons. The normalized spacial score (nSPS) is 16.9. The summed E-state index contributed by atoms with van der Waals surface area (Å²) in [5.41, 5.74) is -0.295. The largest absolute Gasteiger partial charge is 0.465 e. The third-order valence-corrected chi connectivity index (χ3v) is 2.89. The van der Waals surface area contributed by atoms with Gasteiger partial charge in [0.1, 0.15) is 11.2 Å². The van der Waals surface area contributed by atoms with Crippen LogP contribution in [0.15, 0.2) is 23.8 Å². The van der Waals surface area contributed by atoms with Gasteiger partial charge in [0, 0.05) is 6.92 Å². The summed E-state index contributed by atoms with van der Waals surface area (Å²) in [5.74, 6) is -0.327. The molecule has 0 spiro atoms. The fraction of sp³-hybridized carbons (Fsp3) is 0.412. The number of rotatable bonds is 3. The van der Waals surface area contributed by atoms with E-state index in [9.17, 15) is 9.59 Å². The molecular weight excluding hydrogens is 300 g/mol. The van der Waals surface area contributed by atoms with Crippen LogP contribution >= 0.6 is 0 Å². The van der Waals surface area contributed by atoms with E-state index in [1.807, 2.05) is 0 Å². The van der Waals surface area contributed by atoms with Crippen LogP contribution in [0, 0.1) is 0 Å². The molecule has 23 heavy (non-hydrogen) atoms. The third kappa shape index (κ3) is 4.25. The van der Waals surface area contributed by atoms with E-state index < -0.39 is 17.5 Å². The fourth-order valence-corrected chi connectivity index (χ4v) is 2.00. The zero-order valence-corrected chi connectivity index (χ0v) is 13.8. The van der Waals surface area contributed by atoms with Crippen LogP contribution in [-0.4, -0.2) is 30.9 Å². The summed E-state index contributed by atoms with van der Waals surface area (Å²) in [6.07, 6.45) is 1.04. The number of esters is 2. The maximum Gasteiger partial charge on any atom is 0.346 e. The van der Waals surface area contributed by atoms with Crippen LogP contribution in [0.1, 0.15) is 33.3 Å². The third-order valence-electron chi connectivity index (χ3n) is 2.89. The number of fused-ring (bicyclic) bond motifs is 1. The average molecular weight is 320 g/mol. The van der Waals surface area contributed by atoms with Gasteiger partial charge in [-0.3, -0.25) is 0 Å². The number of methoxy groups -OCH3 is 1. The van der Waals surface area contributed by atoms with Crippen LogP contribution in [0.4, 0.5) is 0 Å². The van der Waals surface area contributed by atoms with E-state index in [0.717, 1.165) is 0 Å². The number of benzene rings is 1. The molecule has 1 atom stereocenters. The first-order valence-electron chi connectivity index (χ1n) is 7.20. The lowest BCUT2D eigenvalue weighted by Crippen LogP contribution is -2.27. The highest BCUT2D eigenvalue weighted by Crippen LogP contribution is 2.35. The van der Waals surface area contributed by atoms with E-state index in [1.54, 1.807) is 45.9 Å². The van der Waals surface area contributed by atoms with Gasteiger partial charge in [0.15, 0.2) is 11.5 Å². The second-order valence-electron chi connectivity index (χ2n) is 6.06. The summed E-state index contributed by atoms with van der Waals surface area (Å²) in [5, 5.41) is 0. The van der Waals surface area contributed by atoms with Crippen molar-refractivity contribution in [2.75, 3.05) is 7.11 Å². The second kappa shape index (κ2) is 6.32. The minimum Gasteiger partial charge on any atom is -0.465 e. The van der Waals surface area contributed by atoms with Gasteiger partial charge in [-0.25, -0.2) is 9.59 Å². The highest BCUT2D eigenvalue weighted by molar-refractivity contribution is 6.17. The second-order valence-corrected chi connectivity index (χ2v) is 6.06. The van der Waals surface area contributed by atoms with Crippen molar-refractivity contribution in [2.24, 2.45) is 0 Å². The Kier molecular flexibility index (Phi) is 4.63. The smallest absolute Gasteiger partial charge is 0.346 e. The first kappa shape index (κ1) is 16.9. The highest BCUT2D eigenvalue weighted by atomic mass is 16.7. The maximum atomic E-state index is 12.2. The van der Waals surface area contributed by atoms with Gasteiger partial charge in [-0.2, -0.15) is 0 Å². The molecule has 6 heteroatoms. The molecule has 0 bridgehead atoms. The molecule has 0 aliphatic carbocycles. The van der Waals surface area contributed by atoms with Gasteiger partial charge in [-0.1, -0.05) is 6.07 Å². The predicted molar refractivity (Wildman–Crippen MR) is 83.0 cm³/mol. The van der Waals surface area contributed by atoms with E-state index in [1.165, 1.54) is 13.2 Å². The number of carbonyl (C=O) groups is 2. The molecule has 0 fully saturated rings. The van der Waals surface area contributed by atoms with Gasteiger partial charge in [-0.15, -0.1) is 0 Å². The zero-order chi connectivity index (χ0) is 17.2. The Bertz CT molecular complexity index is 654. The van der Waals surface area contributed by atoms with Gasteiger partial charge in [0.05, 0.1) is 7.11 Å². The van der Waals surface area contributed by atoms with Crippen molar-refractivity contribution in [1.82, 2.24) is 0 Å². The summed E-state index contributed by atoms with van der Waals surface area (Å²) in [6.45, 7) is 6.95. The molecule has 0 aromatic heterocycles. The van der Waals surface area contributed by atoms with Crippen LogP contribution in [0.2, 0.25) is 0 Å². The number of hydrogen-bond donors (Lipinski definition) is 0. The molecule has 2 rings (SSSR count). The summed E-state index contributed by atoms with van der Waals surface area (Å²) in [4.78, 5) is 24.1. The molecule has 1 aliphatic heterocycles. The number of carbonyl (C=O) groups excluding carboxylic acids is 2. The molecule has 0 N–H and O–H groups in total. The van der Waals surface area contributed by atoms with Crippen molar-refractivity contribution in [2.45, 2.75) is 39.6 Å². The quantitative estimate of drug-likeness (QED) is 0.369. The van der Waals surface area contributed by atoms with Gasteiger partial charge >= 0.3 is 11.9 Å². The van der Waals surface area contributed by atoms with Crippen LogP contribution < -0.4 is 9.47 Å². The lowest BCUT2D eigenvalue weighted by Gasteiger charge is -2.19. The summed E-state index contributed by atoms with van der Waals surface area (Å²) in [6, 6.07) is 5.12. The van der Waals surface area contributed by atoms with Crippen molar-refractivity contribution >= 4 is 18.0 Å². The fourth-order valence-electron chi connectivity index (χ4n) is 2.00. The Hall–Kier alpha value is -2.50. The Labute approximate surface area is 135 Å². The molecule has 1 unspecified atom stereocenters. The molecule has 1 aromatic rings. The summed E-state index contributed by atoms with van der Waals surface area (Å²) < 4.78 is 20.8. The van der Waals surface area contributed by atoms with E-state index >= 15 is 0 Å². The molecule has 0 saturated carbocycles. The Morgan fingerprint density at radius 2 is 1.78 bits per heavy atom. The molecule has 0 saturated heterocycles. The van der Waals surface area contributed by atoms with Crippen LogP contribution in [0.3, 0.4) is 0 Å². The molecule has 6 nitrogen and oxygen atoms in total. The van der Waals surface area contributed by atoms with Gasteiger partial charge in [-0.05, 0) is 44.5 Å². The van der Waals surface area contributed by atoms with Crippen molar-refractivity contribution in [3.8, 4) is 11.5 Å². The molecule has 1 heterocycles. The van der Waals surface area contributed by atoms with Gasteiger partial charge in [0.2, 0.25) is 6.29 Å². The Morgan fingerprint density at radius 3 is 2.39 bits per heavy atom. The average Bonchev–Trinajstić information content (AvgIpc) is 2.81. The maximum absolute atomic E-state index is 12.2. The van der Waals surface area contributed by atoms with Gasteiger partial charge < -0.3 is 18.9 Å². The SMILES string of the molecule is COC(=O)/C(=C/c1ccc2c(c1)OC(C)O2)C(=O)OC(C)(C)C. The first-order chi connectivity index (χ1) is 10.7. The molecule has 1 aliphatic rings. The Morgan fingerprint density at radius 1 is 1.13 bits per heavy atom. The minimum atomic E-state index is -0.759. The standard InChI is InChI=1S/C17H20O6/c1-10-21-13-7-6-11(9-14(13)22-10)8-12(15(18)20-5)16(19)23-17(2,3)4/h6-10H,1-5H3/b12-8-. The topological polar surface area (TPSA) is 71.1 Å². The summed E-state index contributed by atoms with van der Waals surface area (Å²) >= 11 is 0. The monoisotopic (exact) mass is 320 g/mol. The van der Waals surface area contributed by atoms with E-state index in [4.69, 9.17) is 14.2 Å². The molecule has 0 amide bonds. The Balaban J connectivity index is 2.33.